The molecule has 0 spiro atoms. The molecule has 33 heavy (non-hydrogen) atoms. The summed E-state index contributed by atoms with van der Waals surface area (Å²) in [7, 11) is 0. The number of aromatic nitrogens is 1. The summed E-state index contributed by atoms with van der Waals surface area (Å²) in [6, 6.07) is 23.5. The molecule has 0 aliphatic rings. The van der Waals surface area contributed by atoms with Gasteiger partial charge in [0.25, 0.3) is 5.69 Å². The summed E-state index contributed by atoms with van der Waals surface area (Å²) < 4.78 is 2.20. The summed E-state index contributed by atoms with van der Waals surface area (Å²) in [4.78, 5) is 17.1. The van der Waals surface area contributed by atoms with Crippen molar-refractivity contribution in [3.63, 3.8) is 0 Å². The average molecular weight is 458 g/mol. The summed E-state index contributed by atoms with van der Waals surface area (Å²) in [5, 5.41) is 13.4. The van der Waals surface area contributed by atoms with E-state index in [2.05, 4.69) is 61.1 Å². The molecule has 1 unspecified atom stereocenters. The molecule has 5 nitrogen and oxygen atoms in total. The predicted octanol–water partition coefficient (Wildman–Crippen LogP) is 7.09. The minimum absolute atomic E-state index is 0.00401. The van der Waals surface area contributed by atoms with Crippen LogP contribution in [-0.2, 0) is 12.8 Å². The first-order chi connectivity index (χ1) is 16.0. The number of nitro benzene ring substituents is 1. The standard InChI is InChI=1S/C27H27N3O2S/c1-4-20-13-9-14-21(5-2)26(20)28-27-29(19(3)22-11-7-6-8-12-22)25(18-33-27)23-15-10-16-24(17-23)30(31)32/h6-19H,4-5H2,1-3H3. The van der Waals surface area contributed by atoms with Crippen LogP contribution in [-0.4, -0.2) is 9.49 Å². The van der Waals surface area contributed by atoms with Gasteiger partial charge >= 0.3 is 0 Å². The molecule has 0 aliphatic heterocycles. The highest BCUT2D eigenvalue weighted by Crippen LogP contribution is 2.30. The second-order valence-corrected chi connectivity index (χ2v) is 8.75. The van der Waals surface area contributed by atoms with E-state index in [1.54, 1.807) is 23.5 Å². The molecule has 0 bridgehead atoms. The topological polar surface area (TPSA) is 60.4 Å². The molecule has 1 heterocycles. The molecule has 0 N–H and O–H groups in total. The van der Waals surface area contributed by atoms with Gasteiger partial charge in [0.15, 0.2) is 4.80 Å². The van der Waals surface area contributed by atoms with Crippen molar-refractivity contribution >= 4 is 22.7 Å². The van der Waals surface area contributed by atoms with Crippen LogP contribution >= 0.6 is 11.3 Å². The Morgan fingerprint density at radius 2 is 1.64 bits per heavy atom. The van der Waals surface area contributed by atoms with E-state index in [1.165, 1.54) is 17.2 Å². The third kappa shape index (κ3) is 4.66. The predicted molar refractivity (Wildman–Crippen MR) is 135 cm³/mol. The maximum atomic E-state index is 11.4. The zero-order valence-electron chi connectivity index (χ0n) is 19.1. The highest BCUT2D eigenvalue weighted by atomic mass is 32.1. The van der Waals surface area contributed by atoms with Crippen molar-refractivity contribution in [2.45, 2.75) is 39.7 Å². The van der Waals surface area contributed by atoms with Gasteiger partial charge < -0.3 is 4.57 Å². The van der Waals surface area contributed by atoms with Crippen molar-refractivity contribution < 1.29 is 4.92 Å². The second kappa shape index (κ2) is 9.96. The highest BCUT2D eigenvalue weighted by molar-refractivity contribution is 7.07. The first kappa shape index (κ1) is 22.7. The van der Waals surface area contributed by atoms with Crippen molar-refractivity contribution in [3.05, 3.63) is 110 Å². The van der Waals surface area contributed by atoms with Crippen LogP contribution in [0.1, 0.15) is 43.5 Å². The highest BCUT2D eigenvalue weighted by Gasteiger charge is 2.18. The van der Waals surface area contributed by atoms with E-state index in [-0.39, 0.29) is 16.7 Å². The normalized spacial score (nSPS) is 12.6. The quantitative estimate of drug-likeness (QED) is 0.220. The molecule has 0 radical (unpaired) electrons. The molecule has 0 saturated heterocycles. The number of thiazole rings is 1. The van der Waals surface area contributed by atoms with Crippen molar-refractivity contribution in [3.8, 4) is 11.3 Å². The number of hydrogen-bond acceptors (Lipinski definition) is 4. The minimum Gasteiger partial charge on any atom is -0.309 e. The molecule has 0 saturated carbocycles. The van der Waals surface area contributed by atoms with Gasteiger partial charge in [0.05, 0.1) is 22.3 Å². The Labute approximate surface area is 197 Å². The summed E-state index contributed by atoms with van der Waals surface area (Å²) in [5.41, 5.74) is 6.44. The van der Waals surface area contributed by atoms with Crippen LogP contribution in [0, 0.1) is 10.1 Å². The number of para-hydroxylation sites is 1. The van der Waals surface area contributed by atoms with Crippen LogP contribution in [0.25, 0.3) is 11.3 Å². The van der Waals surface area contributed by atoms with Gasteiger partial charge in [-0.25, -0.2) is 4.99 Å². The fourth-order valence-corrected chi connectivity index (χ4v) is 5.08. The Bertz CT molecular complexity index is 1320. The fourth-order valence-electron chi connectivity index (χ4n) is 4.10. The Kier molecular flexibility index (Phi) is 6.84. The number of nitro groups is 1. The summed E-state index contributed by atoms with van der Waals surface area (Å²) in [6.07, 6.45) is 1.81. The Morgan fingerprint density at radius 3 is 2.27 bits per heavy atom. The van der Waals surface area contributed by atoms with E-state index in [0.29, 0.717) is 0 Å². The monoisotopic (exact) mass is 457 g/mol. The van der Waals surface area contributed by atoms with Crippen LogP contribution in [0.5, 0.6) is 0 Å². The molecule has 1 aromatic heterocycles. The van der Waals surface area contributed by atoms with Crippen molar-refractivity contribution in [2.24, 2.45) is 4.99 Å². The first-order valence-electron chi connectivity index (χ1n) is 11.2. The van der Waals surface area contributed by atoms with Gasteiger partial charge in [-0.1, -0.05) is 74.5 Å². The smallest absolute Gasteiger partial charge is 0.270 e. The van der Waals surface area contributed by atoms with E-state index in [9.17, 15) is 10.1 Å². The maximum Gasteiger partial charge on any atom is 0.270 e. The van der Waals surface area contributed by atoms with Crippen molar-refractivity contribution in [1.82, 2.24) is 4.57 Å². The SMILES string of the molecule is CCc1cccc(CC)c1N=c1scc(-c2cccc([N+](=O)[O-])c2)n1C(C)c1ccccc1. The lowest BCUT2D eigenvalue weighted by atomic mass is 10.0. The summed E-state index contributed by atoms with van der Waals surface area (Å²) >= 11 is 1.57. The van der Waals surface area contributed by atoms with Gasteiger partial charge in [0.2, 0.25) is 0 Å². The molecular formula is C27H27N3O2S. The van der Waals surface area contributed by atoms with Crippen molar-refractivity contribution in [2.75, 3.05) is 0 Å². The maximum absolute atomic E-state index is 11.4. The largest absolute Gasteiger partial charge is 0.309 e. The Hall–Kier alpha value is -3.51. The van der Waals surface area contributed by atoms with E-state index in [1.807, 2.05) is 24.3 Å². The molecule has 4 aromatic rings. The van der Waals surface area contributed by atoms with Crippen LogP contribution in [0.15, 0.2) is 83.2 Å². The van der Waals surface area contributed by atoms with E-state index >= 15 is 0 Å². The number of hydrogen-bond donors (Lipinski definition) is 0. The lowest BCUT2D eigenvalue weighted by molar-refractivity contribution is -0.384. The average Bonchev–Trinajstić information content (AvgIpc) is 3.27. The number of rotatable bonds is 7. The van der Waals surface area contributed by atoms with Gasteiger partial charge in [-0.05, 0) is 36.5 Å². The minimum atomic E-state index is -0.350. The van der Waals surface area contributed by atoms with E-state index in [0.717, 1.165) is 40.2 Å². The molecule has 6 heteroatoms. The zero-order valence-corrected chi connectivity index (χ0v) is 19.9. The number of aryl methyl sites for hydroxylation is 2. The Morgan fingerprint density at radius 1 is 0.970 bits per heavy atom. The van der Waals surface area contributed by atoms with Crippen LogP contribution in [0.2, 0.25) is 0 Å². The van der Waals surface area contributed by atoms with Crippen LogP contribution < -0.4 is 4.80 Å². The summed E-state index contributed by atoms with van der Waals surface area (Å²) in [5.74, 6) is 0. The zero-order chi connectivity index (χ0) is 23.4. The number of non-ortho nitro benzene ring substituents is 1. The van der Waals surface area contributed by atoms with Crippen LogP contribution in [0.4, 0.5) is 11.4 Å². The first-order valence-corrected chi connectivity index (χ1v) is 12.1. The van der Waals surface area contributed by atoms with E-state index in [4.69, 9.17) is 4.99 Å². The molecule has 1 atom stereocenters. The van der Waals surface area contributed by atoms with Gasteiger partial charge in [0.1, 0.15) is 0 Å². The van der Waals surface area contributed by atoms with Gasteiger partial charge in [-0.15, -0.1) is 11.3 Å². The summed E-state index contributed by atoms with van der Waals surface area (Å²) in [6.45, 7) is 6.45. The van der Waals surface area contributed by atoms with E-state index < -0.39 is 0 Å². The lowest BCUT2D eigenvalue weighted by Gasteiger charge is -2.18. The van der Waals surface area contributed by atoms with Gasteiger partial charge in [0, 0.05) is 23.1 Å². The molecule has 3 aromatic carbocycles. The van der Waals surface area contributed by atoms with Crippen LogP contribution in [0.3, 0.4) is 0 Å². The number of nitrogens with zero attached hydrogens (tertiary/aromatic N) is 3. The van der Waals surface area contributed by atoms with Crippen molar-refractivity contribution in [1.29, 1.82) is 0 Å². The van der Waals surface area contributed by atoms with Gasteiger partial charge in [-0.2, -0.15) is 0 Å². The molecule has 0 fully saturated rings. The third-order valence-corrected chi connectivity index (χ3v) is 6.78. The third-order valence-electron chi connectivity index (χ3n) is 5.94. The molecule has 4 rings (SSSR count). The van der Waals surface area contributed by atoms with Gasteiger partial charge in [-0.3, -0.25) is 10.1 Å². The molecule has 168 valence electrons. The Balaban J connectivity index is 1.98. The molecular weight excluding hydrogens is 430 g/mol. The fraction of sp³-hybridized carbons (Fsp3) is 0.222. The second-order valence-electron chi connectivity index (χ2n) is 7.91. The number of benzene rings is 3. The molecule has 0 amide bonds. The lowest BCUT2D eigenvalue weighted by Crippen LogP contribution is -2.21. The molecule has 0 aliphatic carbocycles.